The van der Waals surface area contributed by atoms with Crippen LogP contribution in [0.3, 0.4) is 0 Å². The number of carbonyl (C=O) groups is 2. The number of furan rings is 1. The maximum absolute atomic E-state index is 13.0. The number of ether oxygens (including phenoxy) is 2. The summed E-state index contributed by atoms with van der Waals surface area (Å²) in [7, 11) is 1.26. The Balaban J connectivity index is 1.82. The van der Waals surface area contributed by atoms with Crippen LogP contribution in [0.5, 0.6) is 0 Å². The minimum atomic E-state index is -0.986. The van der Waals surface area contributed by atoms with Crippen molar-refractivity contribution in [3.63, 3.8) is 0 Å². The van der Waals surface area contributed by atoms with Crippen molar-refractivity contribution in [3.05, 3.63) is 65.2 Å². The normalized spacial score (nSPS) is 15.4. The van der Waals surface area contributed by atoms with Crippen molar-refractivity contribution in [2.45, 2.75) is 25.9 Å². The van der Waals surface area contributed by atoms with Crippen LogP contribution in [0.2, 0.25) is 0 Å². The molecule has 1 aliphatic carbocycles. The molecule has 0 N–H and O–H groups in total. The number of allylic oxidation sites excluding steroid dienone is 1. The first kappa shape index (κ1) is 18.0. The van der Waals surface area contributed by atoms with Crippen LogP contribution in [0.1, 0.15) is 40.7 Å². The molecule has 2 aromatic heterocycles. The molecule has 0 saturated heterocycles. The molecule has 2 heterocycles. The SMILES string of the molecule is COC(=O)C(C)OC(=O)c1c2c(nc3ccccc13)/C(=C\c1ccco1)CC2. The fourth-order valence-electron chi connectivity index (χ4n) is 3.49. The van der Waals surface area contributed by atoms with Crippen molar-refractivity contribution in [1.82, 2.24) is 4.98 Å². The van der Waals surface area contributed by atoms with Gasteiger partial charge < -0.3 is 13.9 Å². The summed E-state index contributed by atoms with van der Waals surface area (Å²) in [5, 5.41) is 0.711. The summed E-state index contributed by atoms with van der Waals surface area (Å²) >= 11 is 0. The van der Waals surface area contributed by atoms with Gasteiger partial charge in [0.15, 0.2) is 6.10 Å². The van der Waals surface area contributed by atoms with Crippen molar-refractivity contribution in [2.75, 3.05) is 7.11 Å². The van der Waals surface area contributed by atoms with E-state index < -0.39 is 18.0 Å². The number of hydrogen-bond acceptors (Lipinski definition) is 6. The molecule has 28 heavy (non-hydrogen) atoms. The highest BCUT2D eigenvalue weighted by atomic mass is 16.6. The van der Waals surface area contributed by atoms with Gasteiger partial charge in [0.1, 0.15) is 5.76 Å². The Kier molecular flexibility index (Phi) is 4.69. The maximum Gasteiger partial charge on any atom is 0.346 e. The first-order valence-corrected chi connectivity index (χ1v) is 9.03. The monoisotopic (exact) mass is 377 g/mol. The van der Waals surface area contributed by atoms with Crippen molar-refractivity contribution in [2.24, 2.45) is 0 Å². The summed E-state index contributed by atoms with van der Waals surface area (Å²) in [6.45, 7) is 1.50. The molecule has 0 fully saturated rings. The van der Waals surface area contributed by atoms with Gasteiger partial charge in [0.2, 0.25) is 0 Å². The first-order chi connectivity index (χ1) is 13.6. The van der Waals surface area contributed by atoms with E-state index in [9.17, 15) is 9.59 Å². The van der Waals surface area contributed by atoms with Gasteiger partial charge in [0, 0.05) is 5.39 Å². The van der Waals surface area contributed by atoms with Crippen LogP contribution in [-0.2, 0) is 20.7 Å². The number of aromatic nitrogens is 1. The highest BCUT2D eigenvalue weighted by Gasteiger charge is 2.29. The smallest absolute Gasteiger partial charge is 0.346 e. The van der Waals surface area contributed by atoms with Crippen molar-refractivity contribution >= 4 is 34.5 Å². The van der Waals surface area contributed by atoms with Gasteiger partial charge in [-0.25, -0.2) is 14.6 Å². The fourth-order valence-corrected chi connectivity index (χ4v) is 3.49. The van der Waals surface area contributed by atoms with Gasteiger partial charge in [-0.05, 0) is 55.2 Å². The summed E-state index contributed by atoms with van der Waals surface area (Å²) in [5.41, 5.74) is 3.77. The molecule has 0 bridgehead atoms. The van der Waals surface area contributed by atoms with Crippen LogP contribution in [0.25, 0.3) is 22.6 Å². The van der Waals surface area contributed by atoms with Gasteiger partial charge >= 0.3 is 11.9 Å². The standard InChI is InChI=1S/C22H19NO5/c1-13(21(24)26-2)28-22(25)19-16-7-3-4-8-18(16)23-20-14(9-10-17(19)20)12-15-6-5-11-27-15/h3-8,11-13H,9-10H2,1-2H3/b14-12-. The Morgan fingerprint density at radius 1 is 1.18 bits per heavy atom. The van der Waals surface area contributed by atoms with Crippen molar-refractivity contribution < 1.29 is 23.5 Å². The number of pyridine rings is 1. The van der Waals surface area contributed by atoms with E-state index in [1.54, 1.807) is 6.26 Å². The molecule has 0 amide bonds. The second-order valence-corrected chi connectivity index (χ2v) is 6.59. The summed E-state index contributed by atoms with van der Waals surface area (Å²) in [5.74, 6) is -0.407. The second-order valence-electron chi connectivity index (χ2n) is 6.59. The van der Waals surface area contributed by atoms with Gasteiger partial charge in [0.25, 0.3) is 0 Å². The molecule has 142 valence electrons. The molecule has 1 atom stereocenters. The number of methoxy groups -OCH3 is 1. The molecule has 4 rings (SSSR count). The first-order valence-electron chi connectivity index (χ1n) is 9.03. The van der Waals surface area contributed by atoms with Gasteiger partial charge in [-0.3, -0.25) is 0 Å². The number of nitrogens with zero attached hydrogens (tertiary/aromatic N) is 1. The predicted octanol–water partition coefficient (Wildman–Crippen LogP) is 4.03. The zero-order chi connectivity index (χ0) is 19.7. The molecular formula is C22H19NO5. The second kappa shape index (κ2) is 7.31. The lowest BCUT2D eigenvalue weighted by atomic mass is 10.0. The van der Waals surface area contributed by atoms with E-state index in [0.29, 0.717) is 22.9 Å². The minimum absolute atomic E-state index is 0.458. The third-order valence-electron chi connectivity index (χ3n) is 4.82. The molecular weight excluding hydrogens is 358 g/mol. The number of carbonyl (C=O) groups excluding carboxylic acids is 2. The van der Waals surface area contributed by atoms with Crippen LogP contribution in [0.15, 0.2) is 47.1 Å². The zero-order valence-electron chi connectivity index (χ0n) is 15.6. The zero-order valence-corrected chi connectivity index (χ0v) is 15.6. The predicted molar refractivity (Wildman–Crippen MR) is 104 cm³/mol. The molecule has 0 spiro atoms. The number of hydrogen-bond donors (Lipinski definition) is 0. The van der Waals surface area contributed by atoms with Gasteiger partial charge in [-0.2, -0.15) is 0 Å². The number of para-hydroxylation sites is 1. The van der Waals surface area contributed by atoms with E-state index in [-0.39, 0.29) is 0 Å². The summed E-state index contributed by atoms with van der Waals surface area (Å²) < 4.78 is 15.5. The third-order valence-corrected chi connectivity index (χ3v) is 4.82. The van der Waals surface area contributed by atoms with E-state index >= 15 is 0 Å². The Bertz CT molecular complexity index is 1080. The average Bonchev–Trinajstić information content (AvgIpc) is 3.36. The van der Waals surface area contributed by atoms with Gasteiger partial charge in [0.05, 0.1) is 30.1 Å². The van der Waals surface area contributed by atoms with E-state index in [1.165, 1.54) is 14.0 Å². The lowest BCUT2D eigenvalue weighted by Crippen LogP contribution is -2.26. The Morgan fingerprint density at radius 3 is 2.75 bits per heavy atom. The van der Waals surface area contributed by atoms with Crippen LogP contribution in [0, 0.1) is 0 Å². The highest BCUT2D eigenvalue weighted by Crippen LogP contribution is 2.37. The highest BCUT2D eigenvalue weighted by molar-refractivity contribution is 6.07. The largest absolute Gasteiger partial charge is 0.466 e. The summed E-state index contributed by atoms with van der Waals surface area (Å²) in [6.07, 6.45) is 3.98. The molecule has 0 aliphatic heterocycles. The summed E-state index contributed by atoms with van der Waals surface area (Å²) in [6, 6.07) is 11.1. The molecule has 0 saturated carbocycles. The van der Waals surface area contributed by atoms with E-state index in [1.807, 2.05) is 42.5 Å². The third kappa shape index (κ3) is 3.17. The molecule has 6 nitrogen and oxygen atoms in total. The lowest BCUT2D eigenvalue weighted by Gasteiger charge is -2.15. The quantitative estimate of drug-likeness (QED) is 0.639. The lowest BCUT2D eigenvalue weighted by molar-refractivity contribution is -0.149. The summed E-state index contributed by atoms with van der Waals surface area (Å²) in [4.78, 5) is 29.4. The molecule has 1 aromatic carbocycles. The average molecular weight is 377 g/mol. The van der Waals surface area contributed by atoms with Crippen LogP contribution < -0.4 is 0 Å². The van der Waals surface area contributed by atoms with E-state index in [2.05, 4.69) is 4.74 Å². The van der Waals surface area contributed by atoms with Gasteiger partial charge in [-0.15, -0.1) is 0 Å². The molecule has 3 aromatic rings. The number of rotatable bonds is 4. The Hall–Kier alpha value is -3.41. The maximum atomic E-state index is 13.0. The van der Waals surface area contributed by atoms with Crippen molar-refractivity contribution in [1.29, 1.82) is 0 Å². The molecule has 0 radical (unpaired) electrons. The van der Waals surface area contributed by atoms with Crippen molar-refractivity contribution in [3.8, 4) is 0 Å². The number of esters is 2. The number of benzene rings is 1. The Morgan fingerprint density at radius 2 is 2.00 bits per heavy atom. The van der Waals surface area contributed by atoms with Crippen LogP contribution in [-0.4, -0.2) is 30.1 Å². The van der Waals surface area contributed by atoms with Crippen LogP contribution >= 0.6 is 0 Å². The molecule has 1 unspecified atom stereocenters. The Labute approximate surface area is 161 Å². The fraction of sp³-hybridized carbons (Fsp3) is 0.227. The van der Waals surface area contributed by atoms with E-state index in [0.717, 1.165) is 29.0 Å². The van der Waals surface area contributed by atoms with Gasteiger partial charge in [-0.1, -0.05) is 18.2 Å². The molecule has 6 heteroatoms. The van der Waals surface area contributed by atoms with E-state index in [4.69, 9.17) is 14.1 Å². The number of fused-ring (bicyclic) bond motifs is 2. The van der Waals surface area contributed by atoms with Crippen LogP contribution in [0.4, 0.5) is 0 Å². The minimum Gasteiger partial charge on any atom is -0.466 e. The molecule has 1 aliphatic rings. The topological polar surface area (TPSA) is 78.6 Å².